The average Bonchev–Trinajstić information content (AvgIpc) is 2.54. The Kier molecular flexibility index (Phi) is 4.52. The summed E-state index contributed by atoms with van der Waals surface area (Å²) in [4.78, 5) is 12.2. The third-order valence-corrected chi connectivity index (χ3v) is 3.85. The highest BCUT2D eigenvalue weighted by Gasteiger charge is 2.23. The predicted molar refractivity (Wildman–Crippen MR) is 84.0 cm³/mol. The Hall–Kier alpha value is -2.15. The van der Waals surface area contributed by atoms with E-state index in [1.54, 1.807) is 0 Å². The molecule has 0 saturated heterocycles. The minimum Gasteiger partial charge on any atom is -0.294 e. The molecule has 0 fully saturated rings. The van der Waals surface area contributed by atoms with Gasteiger partial charge in [0.15, 0.2) is 5.78 Å². The van der Waals surface area contributed by atoms with E-state index in [4.69, 9.17) is 0 Å². The molecule has 2 rings (SSSR count). The zero-order valence-corrected chi connectivity index (χ0v) is 11.9. The molecule has 1 atom stereocenters. The van der Waals surface area contributed by atoms with Crippen LogP contribution in [0.15, 0.2) is 73.3 Å². The third-order valence-electron chi connectivity index (χ3n) is 3.85. The molecule has 0 N–H and O–H groups in total. The Labute approximate surface area is 121 Å². The number of Topliss-reactive ketones (excluding diaryl/α,β-unsaturated/α-hetero) is 1. The highest BCUT2D eigenvalue weighted by atomic mass is 16.1. The van der Waals surface area contributed by atoms with Crippen LogP contribution in [0.5, 0.6) is 0 Å². The number of hydrogen-bond donors (Lipinski definition) is 0. The van der Waals surface area contributed by atoms with E-state index in [1.807, 2.05) is 54.6 Å². The number of ketones is 1. The summed E-state index contributed by atoms with van der Waals surface area (Å²) in [5.74, 6) is 0.189. The normalized spacial score (nSPS) is 13.4. The van der Waals surface area contributed by atoms with Crippen LogP contribution >= 0.6 is 0 Å². The van der Waals surface area contributed by atoms with Crippen molar-refractivity contribution in [2.45, 2.75) is 25.2 Å². The van der Waals surface area contributed by atoms with Gasteiger partial charge in [-0.05, 0) is 12.0 Å². The van der Waals surface area contributed by atoms with Crippen molar-refractivity contribution in [2.75, 3.05) is 0 Å². The maximum atomic E-state index is 12.2. The molecule has 20 heavy (non-hydrogen) atoms. The predicted octanol–water partition coefficient (Wildman–Crippen LogP) is 4.79. The summed E-state index contributed by atoms with van der Waals surface area (Å²) < 4.78 is 0. The van der Waals surface area contributed by atoms with Gasteiger partial charge < -0.3 is 0 Å². The lowest BCUT2D eigenvalue weighted by Crippen LogP contribution is -2.20. The minimum atomic E-state index is -0.161. The lowest BCUT2D eigenvalue weighted by Gasteiger charge is -2.26. The number of hydrogen-bond acceptors (Lipinski definition) is 1. The van der Waals surface area contributed by atoms with E-state index in [9.17, 15) is 4.79 Å². The average molecular weight is 264 g/mol. The van der Waals surface area contributed by atoms with Gasteiger partial charge in [-0.3, -0.25) is 4.79 Å². The molecule has 1 nitrogen and oxygen atoms in total. The second-order valence-electron chi connectivity index (χ2n) is 5.28. The van der Waals surface area contributed by atoms with Gasteiger partial charge in [0, 0.05) is 17.4 Å². The topological polar surface area (TPSA) is 17.1 Å². The lowest BCUT2D eigenvalue weighted by atomic mass is 9.78. The molecule has 0 heterocycles. The molecule has 2 aromatic rings. The lowest BCUT2D eigenvalue weighted by molar-refractivity contribution is 0.0974. The molecular weight excluding hydrogens is 244 g/mol. The van der Waals surface area contributed by atoms with Crippen molar-refractivity contribution in [1.29, 1.82) is 0 Å². The van der Waals surface area contributed by atoms with Crippen molar-refractivity contribution in [1.82, 2.24) is 0 Å². The monoisotopic (exact) mass is 264 g/mol. The number of carbonyl (C=O) groups excluding carboxylic acids is 1. The molecule has 0 amide bonds. The Morgan fingerprint density at radius 3 is 2.15 bits per heavy atom. The van der Waals surface area contributed by atoms with Crippen LogP contribution in [0.2, 0.25) is 0 Å². The van der Waals surface area contributed by atoms with Gasteiger partial charge in [0.2, 0.25) is 0 Å². The highest BCUT2D eigenvalue weighted by molar-refractivity contribution is 5.96. The maximum Gasteiger partial charge on any atom is 0.162 e. The van der Waals surface area contributed by atoms with Gasteiger partial charge >= 0.3 is 0 Å². The van der Waals surface area contributed by atoms with Gasteiger partial charge in [0.25, 0.3) is 0 Å². The fourth-order valence-electron chi connectivity index (χ4n) is 2.32. The molecule has 0 bridgehead atoms. The number of allylic oxidation sites excluding steroid dienone is 1. The molecule has 2 aromatic carbocycles. The van der Waals surface area contributed by atoms with Gasteiger partial charge in [-0.25, -0.2) is 0 Å². The summed E-state index contributed by atoms with van der Waals surface area (Å²) in [5, 5.41) is 0. The van der Waals surface area contributed by atoms with Crippen LogP contribution in [0.3, 0.4) is 0 Å². The standard InChI is InChI=1S/C19H20O/c1-3-19(2,17-12-8-5-9-13-17)15-14-18(20)16-10-6-4-7-11-16/h3-13H,1,14-15H2,2H3/t19-/m1/s1. The first-order valence-electron chi connectivity index (χ1n) is 6.93. The van der Waals surface area contributed by atoms with E-state index in [2.05, 4.69) is 25.6 Å². The number of rotatable bonds is 6. The first kappa shape index (κ1) is 14.3. The summed E-state index contributed by atoms with van der Waals surface area (Å²) in [6.45, 7) is 6.08. The largest absolute Gasteiger partial charge is 0.294 e. The van der Waals surface area contributed by atoms with Crippen LogP contribution < -0.4 is 0 Å². The van der Waals surface area contributed by atoms with E-state index >= 15 is 0 Å². The van der Waals surface area contributed by atoms with Crippen LogP contribution in [0.25, 0.3) is 0 Å². The van der Waals surface area contributed by atoms with E-state index in [1.165, 1.54) is 5.56 Å². The zero-order chi connectivity index (χ0) is 14.4. The van der Waals surface area contributed by atoms with Crippen molar-refractivity contribution in [3.63, 3.8) is 0 Å². The van der Waals surface area contributed by atoms with Crippen LogP contribution in [0.1, 0.15) is 35.7 Å². The smallest absolute Gasteiger partial charge is 0.162 e. The minimum absolute atomic E-state index is 0.161. The Morgan fingerprint density at radius 1 is 1.05 bits per heavy atom. The van der Waals surface area contributed by atoms with Crippen molar-refractivity contribution in [3.8, 4) is 0 Å². The second-order valence-corrected chi connectivity index (χ2v) is 5.28. The van der Waals surface area contributed by atoms with Crippen molar-refractivity contribution < 1.29 is 4.79 Å². The van der Waals surface area contributed by atoms with Gasteiger partial charge in [-0.2, -0.15) is 0 Å². The summed E-state index contributed by atoms with van der Waals surface area (Å²) in [6.07, 6.45) is 3.25. The molecule has 0 aliphatic heterocycles. The Balaban J connectivity index is 2.08. The Bertz CT molecular complexity index is 571. The number of benzene rings is 2. The van der Waals surface area contributed by atoms with Crippen LogP contribution in [0, 0.1) is 0 Å². The summed E-state index contributed by atoms with van der Waals surface area (Å²) >= 11 is 0. The molecule has 0 saturated carbocycles. The molecule has 0 unspecified atom stereocenters. The summed E-state index contributed by atoms with van der Waals surface area (Å²) in [5.41, 5.74) is 1.83. The fourth-order valence-corrected chi connectivity index (χ4v) is 2.32. The van der Waals surface area contributed by atoms with Crippen LogP contribution in [0.4, 0.5) is 0 Å². The fraction of sp³-hybridized carbons (Fsp3) is 0.211. The molecular formula is C19H20O. The second kappa shape index (κ2) is 6.33. The Morgan fingerprint density at radius 2 is 1.60 bits per heavy atom. The summed E-state index contributed by atoms with van der Waals surface area (Å²) in [7, 11) is 0. The summed E-state index contributed by atoms with van der Waals surface area (Å²) in [6, 6.07) is 19.7. The molecule has 0 spiro atoms. The zero-order valence-electron chi connectivity index (χ0n) is 11.9. The molecule has 102 valence electrons. The maximum absolute atomic E-state index is 12.2. The molecule has 0 radical (unpaired) electrons. The molecule has 1 heteroatoms. The SMILES string of the molecule is C=C[C@](C)(CCC(=O)c1ccccc1)c1ccccc1. The van der Waals surface area contributed by atoms with Crippen molar-refractivity contribution >= 4 is 5.78 Å². The van der Waals surface area contributed by atoms with E-state index in [0.29, 0.717) is 6.42 Å². The first-order chi connectivity index (χ1) is 9.65. The molecule has 0 aliphatic rings. The van der Waals surface area contributed by atoms with E-state index in [0.717, 1.165) is 12.0 Å². The van der Waals surface area contributed by atoms with Crippen molar-refractivity contribution in [3.05, 3.63) is 84.4 Å². The molecule has 0 aromatic heterocycles. The van der Waals surface area contributed by atoms with E-state index < -0.39 is 0 Å². The highest BCUT2D eigenvalue weighted by Crippen LogP contribution is 2.30. The van der Waals surface area contributed by atoms with Gasteiger partial charge in [-0.15, -0.1) is 6.58 Å². The van der Waals surface area contributed by atoms with E-state index in [-0.39, 0.29) is 11.2 Å². The quantitative estimate of drug-likeness (QED) is 0.541. The van der Waals surface area contributed by atoms with Crippen LogP contribution in [-0.2, 0) is 5.41 Å². The van der Waals surface area contributed by atoms with Gasteiger partial charge in [0.1, 0.15) is 0 Å². The van der Waals surface area contributed by atoms with Gasteiger partial charge in [0.05, 0.1) is 0 Å². The number of carbonyl (C=O) groups is 1. The third kappa shape index (κ3) is 3.24. The molecule has 0 aliphatic carbocycles. The van der Waals surface area contributed by atoms with Crippen molar-refractivity contribution in [2.24, 2.45) is 0 Å². The van der Waals surface area contributed by atoms with Gasteiger partial charge in [-0.1, -0.05) is 73.7 Å². The van der Waals surface area contributed by atoms with Crippen LogP contribution in [-0.4, -0.2) is 5.78 Å². The first-order valence-corrected chi connectivity index (χ1v) is 6.93.